The lowest BCUT2D eigenvalue weighted by atomic mass is 10.00. The second kappa shape index (κ2) is 7.04. The molecule has 0 spiro atoms. The van der Waals surface area contributed by atoms with Gasteiger partial charge in [-0.3, -0.25) is 4.90 Å². The third-order valence-corrected chi connectivity index (χ3v) is 5.18. The highest BCUT2D eigenvalue weighted by molar-refractivity contribution is 5.93. The maximum absolute atomic E-state index is 15.0. The van der Waals surface area contributed by atoms with Crippen LogP contribution in [-0.4, -0.2) is 32.4 Å². The molecule has 1 fully saturated rings. The fourth-order valence-corrected chi connectivity index (χ4v) is 3.65. The topological polar surface area (TPSA) is 76.0 Å². The average molecular weight is 449 g/mol. The molecular formula is C20H12F5N5O2. The standard InChI is InChI=1S/C20H12F5N5O2/c21-17-12(10-6-28-29(7-10)20(23,24)25)2-3-13(18(17)22)16-8-32-19(31)30(16)11-1-4-14-15(5-11)27-9-26-14/h1-7,9,16H,8H2,(H,26,27)/t16-/m1/s1. The first kappa shape index (κ1) is 20.0. The molecule has 1 aliphatic heterocycles. The number of halogens is 5. The molecule has 1 atom stereocenters. The molecule has 2 aromatic heterocycles. The van der Waals surface area contributed by atoms with E-state index in [1.54, 1.807) is 18.2 Å². The van der Waals surface area contributed by atoms with Crippen molar-refractivity contribution in [2.45, 2.75) is 12.3 Å². The minimum atomic E-state index is -4.79. The number of carbonyl (C=O) groups excluding carboxylic acids is 1. The van der Waals surface area contributed by atoms with Gasteiger partial charge >= 0.3 is 12.4 Å². The predicted molar refractivity (Wildman–Crippen MR) is 102 cm³/mol. The molecule has 0 saturated carbocycles. The van der Waals surface area contributed by atoms with Crippen molar-refractivity contribution in [1.29, 1.82) is 0 Å². The quantitative estimate of drug-likeness (QED) is 0.453. The minimum Gasteiger partial charge on any atom is -0.447 e. The van der Waals surface area contributed by atoms with Crippen LogP contribution in [0.15, 0.2) is 49.1 Å². The van der Waals surface area contributed by atoms with Crippen LogP contribution in [0.4, 0.5) is 32.4 Å². The van der Waals surface area contributed by atoms with Crippen molar-refractivity contribution < 1.29 is 31.5 Å². The van der Waals surface area contributed by atoms with Gasteiger partial charge in [0.1, 0.15) is 12.6 Å². The Kier molecular flexibility index (Phi) is 4.39. The normalized spacial score (nSPS) is 16.7. The first-order valence-corrected chi connectivity index (χ1v) is 9.23. The van der Waals surface area contributed by atoms with Crippen molar-refractivity contribution in [3.63, 3.8) is 0 Å². The van der Waals surface area contributed by atoms with Gasteiger partial charge in [-0.05, 0) is 18.2 Å². The molecule has 2 aromatic carbocycles. The number of ether oxygens (including phenoxy) is 1. The number of amides is 1. The molecule has 0 radical (unpaired) electrons. The molecule has 5 rings (SSSR count). The molecule has 0 unspecified atom stereocenters. The zero-order valence-electron chi connectivity index (χ0n) is 15.9. The molecule has 4 aromatic rings. The van der Waals surface area contributed by atoms with Crippen LogP contribution < -0.4 is 4.90 Å². The van der Waals surface area contributed by atoms with E-state index in [0.717, 1.165) is 12.3 Å². The van der Waals surface area contributed by atoms with Gasteiger partial charge in [-0.1, -0.05) is 12.1 Å². The Labute approximate surface area is 176 Å². The number of anilines is 1. The predicted octanol–water partition coefficient (Wildman–Crippen LogP) is 4.88. The van der Waals surface area contributed by atoms with Gasteiger partial charge in [0, 0.05) is 22.9 Å². The zero-order valence-corrected chi connectivity index (χ0v) is 15.9. The third-order valence-electron chi connectivity index (χ3n) is 5.18. The lowest BCUT2D eigenvalue weighted by Crippen LogP contribution is -2.28. The average Bonchev–Trinajstić information content (AvgIpc) is 3.48. The van der Waals surface area contributed by atoms with Crippen LogP contribution in [0.1, 0.15) is 11.6 Å². The second-order valence-corrected chi connectivity index (χ2v) is 7.04. The van der Waals surface area contributed by atoms with E-state index in [-0.39, 0.29) is 22.4 Å². The number of carbonyl (C=O) groups is 1. The Morgan fingerprint density at radius 3 is 2.69 bits per heavy atom. The van der Waals surface area contributed by atoms with Crippen molar-refractivity contribution >= 4 is 22.8 Å². The number of nitrogens with one attached hydrogen (secondary N) is 1. The molecule has 7 nitrogen and oxygen atoms in total. The number of cyclic esters (lactones) is 1. The van der Waals surface area contributed by atoms with Crippen LogP contribution in [0, 0.1) is 11.6 Å². The Morgan fingerprint density at radius 1 is 1.12 bits per heavy atom. The van der Waals surface area contributed by atoms with E-state index in [0.29, 0.717) is 22.9 Å². The highest BCUT2D eigenvalue weighted by atomic mass is 19.4. The molecule has 0 bridgehead atoms. The number of benzene rings is 2. The van der Waals surface area contributed by atoms with E-state index in [4.69, 9.17) is 4.74 Å². The molecule has 32 heavy (non-hydrogen) atoms. The van der Waals surface area contributed by atoms with Gasteiger partial charge in [0.05, 0.1) is 29.2 Å². The molecule has 1 saturated heterocycles. The van der Waals surface area contributed by atoms with Crippen molar-refractivity contribution in [1.82, 2.24) is 19.7 Å². The monoisotopic (exact) mass is 449 g/mol. The SMILES string of the molecule is O=C1OC[C@H](c2ccc(-c3cnn(C(F)(F)F)c3)c(F)c2F)N1c1ccc2nc[nH]c2c1. The lowest BCUT2D eigenvalue weighted by Gasteiger charge is -2.22. The van der Waals surface area contributed by atoms with Crippen LogP contribution >= 0.6 is 0 Å². The fraction of sp³-hybridized carbons (Fsp3) is 0.150. The van der Waals surface area contributed by atoms with Crippen molar-refractivity contribution in [2.75, 3.05) is 11.5 Å². The van der Waals surface area contributed by atoms with E-state index in [1.165, 1.54) is 17.3 Å². The lowest BCUT2D eigenvalue weighted by molar-refractivity contribution is -0.212. The molecule has 12 heteroatoms. The molecule has 3 heterocycles. The van der Waals surface area contributed by atoms with Crippen molar-refractivity contribution in [2.24, 2.45) is 0 Å². The second-order valence-electron chi connectivity index (χ2n) is 7.04. The molecular weight excluding hydrogens is 437 g/mol. The Hall–Kier alpha value is -3.96. The summed E-state index contributed by atoms with van der Waals surface area (Å²) in [5.74, 6) is -2.65. The molecule has 1 aliphatic rings. The maximum atomic E-state index is 15.0. The summed E-state index contributed by atoms with van der Waals surface area (Å²) in [4.78, 5) is 20.5. The van der Waals surface area contributed by atoms with Crippen LogP contribution in [-0.2, 0) is 11.0 Å². The number of aromatic amines is 1. The van der Waals surface area contributed by atoms with Crippen LogP contribution in [0.5, 0.6) is 0 Å². The van der Waals surface area contributed by atoms with E-state index in [1.807, 2.05) is 0 Å². The largest absolute Gasteiger partial charge is 0.504 e. The summed E-state index contributed by atoms with van der Waals surface area (Å²) in [5.41, 5.74) is 0.848. The number of fused-ring (bicyclic) bond motifs is 1. The smallest absolute Gasteiger partial charge is 0.447 e. The van der Waals surface area contributed by atoms with E-state index in [9.17, 15) is 22.4 Å². The Balaban J connectivity index is 1.53. The number of rotatable bonds is 3. The minimum absolute atomic E-state index is 0.176. The number of hydrogen-bond donors (Lipinski definition) is 1. The number of aromatic nitrogens is 4. The maximum Gasteiger partial charge on any atom is 0.504 e. The molecule has 0 aliphatic carbocycles. The van der Waals surface area contributed by atoms with Gasteiger partial charge in [-0.25, -0.2) is 18.6 Å². The Morgan fingerprint density at radius 2 is 1.94 bits per heavy atom. The van der Waals surface area contributed by atoms with E-state index < -0.39 is 35.6 Å². The molecule has 164 valence electrons. The summed E-state index contributed by atoms with van der Waals surface area (Å²) >= 11 is 0. The van der Waals surface area contributed by atoms with Crippen molar-refractivity contribution in [3.05, 3.63) is 66.3 Å². The van der Waals surface area contributed by atoms with Crippen LogP contribution in [0.2, 0.25) is 0 Å². The summed E-state index contributed by atoms with van der Waals surface area (Å²) < 4.78 is 72.9. The van der Waals surface area contributed by atoms with Gasteiger partial charge in [0.15, 0.2) is 11.6 Å². The summed E-state index contributed by atoms with van der Waals surface area (Å²) in [6, 6.07) is 6.25. The first-order valence-electron chi connectivity index (χ1n) is 9.23. The number of alkyl halides is 3. The first-order chi connectivity index (χ1) is 15.2. The number of hydrogen-bond acceptors (Lipinski definition) is 4. The van der Waals surface area contributed by atoms with Gasteiger partial charge < -0.3 is 9.72 Å². The summed E-state index contributed by atoms with van der Waals surface area (Å²) in [6.07, 6.45) is -2.71. The van der Waals surface area contributed by atoms with Gasteiger partial charge in [0.2, 0.25) is 0 Å². The van der Waals surface area contributed by atoms with Crippen LogP contribution in [0.3, 0.4) is 0 Å². The number of H-pyrrole nitrogens is 1. The number of nitrogens with zero attached hydrogens (tertiary/aromatic N) is 4. The van der Waals surface area contributed by atoms with E-state index >= 15 is 4.39 Å². The highest BCUT2D eigenvalue weighted by Crippen LogP contribution is 2.37. The summed E-state index contributed by atoms with van der Waals surface area (Å²) in [5, 5.41) is 3.14. The fourth-order valence-electron chi connectivity index (χ4n) is 3.65. The van der Waals surface area contributed by atoms with Gasteiger partial charge in [-0.15, -0.1) is 13.2 Å². The van der Waals surface area contributed by atoms with Crippen LogP contribution in [0.25, 0.3) is 22.2 Å². The number of imidazole rings is 1. The summed E-state index contributed by atoms with van der Waals surface area (Å²) in [6.45, 7) is -0.235. The Bertz CT molecular complexity index is 1350. The van der Waals surface area contributed by atoms with Crippen molar-refractivity contribution in [3.8, 4) is 11.1 Å². The summed E-state index contributed by atoms with van der Waals surface area (Å²) in [7, 11) is 0. The third kappa shape index (κ3) is 3.15. The van der Waals surface area contributed by atoms with Gasteiger partial charge in [0.25, 0.3) is 0 Å². The molecule has 1 amide bonds. The highest BCUT2D eigenvalue weighted by Gasteiger charge is 2.38. The van der Waals surface area contributed by atoms with Gasteiger partial charge in [-0.2, -0.15) is 9.78 Å². The molecule has 1 N–H and O–H groups in total. The van der Waals surface area contributed by atoms with E-state index in [2.05, 4.69) is 15.1 Å². The zero-order chi connectivity index (χ0) is 22.6.